The first kappa shape index (κ1) is 18.2. The van der Waals surface area contributed by atoms with E-state index in [9.17, 15) is 14.9 Å². The summed E-state index contributed by atoms with van der Waals surface area (Å²) in [5.41, 5.74) is 0.641. The lowest BCUT2D eigenvalue weighted by Crippen LogP contribution is -3.03. The van der Waals surface area contributed by atoms with Crippen LogP contribution in [0.15, 0.2) is 18.2 Å². The number of carbonyl (C=O) groups excluding carboxylic acids is 1. The second-order valence-corrected chi connectivity index (χ2v) is 8.87. The molecule has 0 spiro atoms. The predicted octanol–water partition coefficient (Wildman–Crippen LogP) is 2.46. The van der Waals surface area contributed by atoms with Gasteiger partial charge < -0.3 is 15.4 Å². The van der Waals surface area contributed by atoms with Crippen LogP contribution in [0.25, 0.3) is 0 Å². The maximum atomic E-state index is 12.8. The van der Waals surface area contributed by atoms with E-state index in [0.29, 0.717) is 11.4 Å². The van der Waals surface area contributed by atoms with Crippen LogP contribution in [-0.2, 0) is 4.79 Å². The van der Waals surface area contributed by atoms with Crippen LogP contribution in [0.1, 0.15) is 45.4 Å². The van der Waals surface area contributed by atoms with Crippen LogP contribution < -0.4 is 15.4 Å². The molecule has 3 N–H and O–H groups in total. The van der Waals surface area contributed by atoms with E-state index in [0.717, 1.165) is 17.8 Å². The van der Waals surface area contributed by atoms with Crippen molar-refractivity contribution < 1.29 is 19.8 Å². The highest BCUT2D eigenvalue weighted by Gasteiger charge is 2.54. The molecule has 146 valence electrons. The molecule has 4 bridgehead atoms. The summed E-state index contributed by atoms with van der Waals surface area (Å²) in [4.78, 5) is 23.2. The van der Waals surface area contributed by atoms with Crippen molar-refractivity contribution in [2.45, 2.75) is 57.0 Å². The van der Waals surface area contributed by atoms with Crippen LogP contribution in [0.4, 0.5) is 11.4 Å². The lowest BCUT2D eigenvalue weighted by atomic mass is 9.53. The Kier molecular flexibility index (Phi) is 4.58. The molecule has 0 unspecified atom stereocenters. The Hall–Kier alpha value is -2.15. The van der Waals surface area contributed by atoms with Crippen molar-refractivity contribution in [3.63, 3.8) is 0 Å². The number of hydrogen-bond acceptors (Lipinski definition) is 4. The van der Waals surface area contributed by atoms with E-state index in [4.69, 9.17) is 4.74 Å². The van der Waals surface area contributed by atoms with E-state index in [1.165, 1.54) is 63.8 Å². The van der Waals surface area contributed by atoms with E-state index >= 15 is 0 Å². The third-order valence-corrected chi connectivity index (χ3v) is 6.76. The average molecular weight is 374 g/mol. The van der Waals surface area contributed by atoms with Crippen molar-refractivity contribution in [1.29, 1.82) is 0 Å². The molecule has 27 heavy (non-hydrogen) atoms. The van der Waals surface area contributed by atoms with Gasteiger partial charge in [-0.15, -0.1) is 0 Å². The molecule has 1 amide bonds. The molecule has 0 heterocycles. The van der Waals surface area contributed by atoms with Gasteiger partial charge in [0.2, 0.25) is 0 Å². The topological polar surface area (TPSA) is 98.1 Å². The summed E-state index contributed by atoms with van der Waals surface area (Å²) in [6, 6.07) is 4.04. The smallest absolute Gasteiger partial charge is 0.282 e. The average Bonchev–Trinajstić information content (AvgIpc) is 2.60. The number of anilines is 1. The predicted molar refractivity (Wildman–Crippen MR) is 101 cm³/mol. The minimum atomic E-state index is -0.475. The number of quaternary nitrogens is 1. The SMILES string of the molecule is COc1cc([N+](=O)[O-])ccc1NC(=O)[C@H](C)[NH2+]C12CC3CC(CC(C3)C1)C2. The van der Waals surface area contributed by atoms with Gasteiger partial charge in [0.1, 0.15) is 5.75 Å². The van der Waals surface area contributed by atoms with E-state index in [1.54, 1.807) is 0 Å². The first-order valence-electron chi connectivity index (χ1n) is 9.87. The molecule has 4 aliphatic carbocycles. The van der Waals surface area contributed by atoms with E-state index in [1.807, 2.05) is 6.92 Å². The number of nitro benzene ring substituents is 1. The Morgan fingerprint density at radius 1 is 1.26 bits per heavy atom. The monoisotopic (exact) mass is 374 g/mol. The summed E-state index contributed by atoms with van der Waals surface area (Å²) in [5.74, 6) is 2.75. The van der Waals surface area contributed by atoms with E-state index in [-0.39, 0.29) is 23.2 Å². The van der Waals surface area contributed by atoms with Crippen molar-refractivity contribution in [2.24, 2.45) is 17.8 Å². The third-order valence-electron chi connectivity index (χ3n) is 6.76. The number of non-ortho nitro benzene ring substituents is 1. The maximum Gasteiger partial charge on any atom is 0.282 e. The summed E-state index contributed by atoms with van der Waals surface area (Å²) in [6.45, 7) is 1.95. The van der Waals surface area contributed by atoms with Crippen LogP contribution in [-0.4, -0.2) is 29.5 Å². The molecule has 1 aromatic carbocycles. The number of ether oxygens (including phenoxy) is 1. The van der Waals surface area contributed by atoms with Crippen LogP contribution in [0.3, 0.4) is 0 Å². The van der Waals surface area contributed by atoms with Crippen LogP contribution in [0.5, 0.6) is 5.75 Å². The Morgan fingerprint density at radius 2 is 1.85 bits per heavy atom. The number of benzene rings is 1. The van der Waals surface area contributed by atoms with Gasteiger partial charge in [0.15, 0.2) is 6.04 Å². The normalized spacial score (nSPS) is 32.1. The second-order valence-electron chi connectivity index (χ2n) is 8.87. The molecule has 5 rings (SSSR count). The fourth-order valence-electron chi connectivity index (χ4n) is 6.13. The molecule has 7 heteroatoms. The van der Waals surface area contributed by atoms with Gasteiger partial charge in [-0.3, -0.25) is 14.9 Å². The second kappa shape index (κ2) is 6.78. The molecule has 1 aromatic rings. The Labute approximate surface area is 159 Å². The van der Waals surface area contributed by atoms with Crippen molar-refractivity contribution in [1.82, 2.24) is 0 Å². The van der Waals surface area contributed by atoms with Crippen LogP contribution in [0, 0.1) is 27.9 Å². The molecule has 1 atom stereocenters. The van der Waals surface area contributed by atoms with Gasteiger partial charge in [0.25, 0.3) is 11.6 Å². The maximum absolute atomic E-state index is 12.8. The molecule has 0 saturated heterocycles. The Morgan fingerprint density at radius 3 is 2.37 bits per heavy atom. The highest BCUT2D eigenvalue weighted by atomic mass is 16.6. The lowest BCUT2D eigenvalue weighted by Gasteiger charge is -2.55. The standard InChI is InChI=1S/C20H27N3O4/c1-12(22-20-9-13-5-14(10-20)7-15(6-13)11-20)19(24)21-17-4-3-16(23(25)26)8-18(17)27-2/h3-4,8,12-15,22H,5-7,9-11H2,1-2H3,(H,21,24)/p+1/t12-,13?,14?,15?,20?/m0/s1. The minimum absolute atomic E-state index is 0.0574. The zero-order valence-electron chi connectivity index (χ0n) is 15.9. The van der Waals surface area contributed by atoms with Gasteiger partial charge in [0.05, 0.1) is 29.3 Å². The van der Waals surface area contributed by atoms with Gasteiger partial charge in [0, 0.05) is 25.3 Å². The van der Waals surface area contributed by atoms with Crippen molar-refractivity contribution in [3.8, 4) is 5.75 Å². The highest BCUT2D eigenvalue weighted by Crippen LogP contribution is 2.54. The number of rotatable bonds is 6. The third kappa shape index (κ3) is 3.52. The van der Waals surface area contributed by atoms with Crippen LogP contribution in [0.2, 0.25) is 0 Å². The summed E-state index contributed by atoms with van der Waals surface area (Å²) in [6.07, 6.45) is 7.85. The van der Waals surface area contributed by atoms with Gasteiger partial charge in [-0.1, -0.05) is 0 Å². The van der Waals surface area contributed by atoms with Gasteiger partial charge in [-0.05, 0) is 50.0 Å². The van der Waals surface area contributed by atoms with Crippen molar-refractivity contribution in [2.75, 3.05) is 12.4 Å². The van der Waals surface area contributed by atoms with Gasteiger partial charge >= 0.3 is 0 Å². The Balaban J connectivity index is 1.43. The highest BCUT2D eigenvalue weighted by molar-refractivity contribution is 5.95. The molecule has 0 aliphatic heterocycles. The summed E-state index contributed by atoms with van der Waals surface area (Å²) in [5, 5.41) is 16.1. The molecule has 4 fully saturated rings. The number of nitrogens with two attached hydrogens (primary N) is 1. The summed E-state index contributed by atoms with van der Waals surface area (Å²) in [7, 11) is 1.44. The van der Waals surface area contributed by atoms with Crippen molar-refractivity contribution in [3.05, 3.63) is 28.3 Å². The Bertz CT molecular complexity index is 728. The van der Waals surface area contributed by atoms with Crippen molar-refractivity contribution >= 4 is 17.3 Å². The molecule has 4 saturated carbocycles. The molecular formula is C20H28N3O4+. The molecule has 0 radical (unpaired) electrons. The molecular weight excluding hydrogens is 346 g/mol. The largest absolute Gasteiger partial charge is 0.494 e. The molecule has 4 aliphatic rings. The number of amides is 1. The summed E-state index contributed by atoms with van der Waals surface area (Å²) >= 11 is 0. The minimum Gasteiger partial charge on any atom is -0.494 e. The zero-order chi connectivity index (χ0) is 19.2. The first-order valence-corrected chi connectivity index (χ1v) is 9.87. The number of methoxy groups -OCH3 is 1. The van der Waals surface area contributed by atoms with E-state index < -0.39 is 4.92 Å². The first-order chi connectivity index (χ1) is 12.9. The number of nitro groups is 1. The van der Waals surface area contributed by atoms with Gasteiger partial charge in [-0.25, -0.2) is 0 Å². The summed E-state index contributed by atoms with van der Waals surface area (Å²) < 4.78 is 5.22. The fraction of sp³-hybridized carbons (Fsp3) is 0.650. The molecule has 0 aromatic heterocycles. The quantitative estimate of drug-likeness (QED) is 0.590. The number of carbonyl (C=O) groups is 1. The number of nitrogens with zero attached hydrogens (tertiary/aromatic N) is 1. The molecule has 7 nitrogen and oxygen atoms in total. The number of nitrogens with one attached hydrogen (secondary N) is 1. The van der Waals surface area contributed by atoms with Crippen LogP contribution >= 0.6 is 0 Å². The lowest BCUT2D eigenvalue weighted by molar-refractivity contribution is -0.754. The van der Waals surface area contributed by atoms with E-state index in [2.05, 4.69) is 10.6 Å². The number of hydrogen-bond donors (Lipinski definition) is 2. The van der Waals surface area contributed by atoms with Gasteiger partial charge in [-0.2, -0.15) is 0 Å². The zero-order valence-corrected chi connectivity index (χ0v) is 15.9. The fourth-order valence-corrected chi connectivity index (χ4v) is 6.13.